The fourth-order valence-corrected chi connectivity index (χ4v) is 5.27. The number of nitrogens with one attached hydrogen (secondary N) is 1. The number of unbranched alkanes of at least 4 members (excludes halogenated alkanes) is 1. The van der Waals surface area contributed by atoms with Gasteiger partial charge < -0.3 is 9.32 Å². The van der Waals surface area contributed by atoms with Gasteiger partial charge in [-0.2, -0.15) is 5.26 Å². The molecule has 5 rings (SSSR count). The molecule has 0 bridgehead atoms. The fourth-order valence-electron chi connectivity index (χ4n) is 5.27. The van der Waals surface area contributed by atoms with E-state index >= 15 is 0 Å². The largest absolute Gasteiger partial charge is 0.451 e. The molecule has 4 aromatic rings. The summed E-state index contributed by atoms with van der Waals surface area (Å²) in [6.07, 6.45) is 4.84. The number of nitrogens with zero attached hydrogens (tertiary/aromatic N) is 4. The molecule has 1 aliphatic heterocycles. The van der Waals surface area contributed by atoms with Gasteiger partial charge in [-0.05, 0) is 73.8 Å². The summed E-state index contributed by atoms with van der Waals surface area (Å²) in [4.78, 5) is 40.1. The number of carbonyl (C=O) groups excluding carboxylic acids is 3. The van der Waals surface area contributed by atoms with Gasteiger partial charge in [0.25, 0.3) is 5.91 Å². The number of amides is 2. The summed E-state index contributed by atoms with van der Waals surface area (Å²) in [5.41, 5.74) is 4.27. The van der Waals surface area contributed by atoms with Crippen LogP contribution in [0.1, 0.15) is 53.2 Å². The second-order valence-corrected chi connectivity index (χ2v) is 10.0. The highest BCUT2D eigenvalue weighted by atomic mass is 16.3. The summed E-state index contributed by atoms with van der Waals surface area (Å²) >= 11 is 0. The summed E-state index contributed by atoms with van der Waals surface area (Å²) in [5, 5.41) is 13.3. The minimum atomic E-state index is -0.537. The summed E-state index contributed by atoms with van der Waals surface area (Å²) in [6.45, 7) is 7.60. The van der Waals surface area contributed by atoms with Crippen molar-refractivity contribution in [2.75, 3.05) is 37.6 Å². The molecule has 1 N–H and O–H groups in total. The standard InChI is InChI=1S/C30H31N5O4/c1-20(36)32-30(38)29-17-24-16-25(7-9-28(24)39-29)34-13-11-33(12-14-34)10-4-3-5-23-19-35(21(2)37)27-8-6-22(18-31)15-26(23)27/h6-9,15-17,19H,3-5,10-14H2,1-2H3,(H,32,36,38). The van der Waals surface area contributed by atoms with Gasteiger partial charge >= 0.3 is 0 Å². The van der Waals surface area contributed by atoms with Gasteiger partial charge in [-0.25, -0.2) is 0 Å². The molecule has 0 spiro atoms. The zero-order valence-electron chi connectivity index (χ0n) is 22.2. The van der Waals surface area contributed by atoms with Crippen LogP contribution in [0.3, 0.4) is 0 Å². The van der Waals surface area contributed by atoms with Crippen molar-refractivity contribution in [3.05, 3.63) is 65.5 Å². The average Bonchev–Trinajstić information content (AvgIpc) is 3.52. The van der Waals surface area contributed by atoms with Crippen LogP contribution in [0.4, 0.5) is 5.69 Å². The van der Waals surface area contributed by atoms with Gasteiger partial charge in [0.05, 0.1) is 17.1 Å². The van der Waals surface area contributed by atoms with Crippen LogP contribution in [-0.2, 0) is 11.2 Å². The zero-order valence-corrected chi connectivity index (χ0v) is 22.2. The number of aryl methyl sites for hydroxylation is 1. The number of anilines is 1. The molecule has 1 saturated heterocycles. The molecule has 0 atom stereocenters. The highest BCUT2D eigenvalue weighted by Crippen LogP contribution is 2.27. The quantitative estimate of drug-likeness (QED) is 0.357. The van der Waals surface area contributed by atoms with E-state index in [1.807, 2.05) is 36.5 Å². The van der Waals surface area contributed by atoms with E-state index in [2.05, 4.69) is 21.2 Å². The Kier molecular flexibility index (Phi) is 7.48. The summed E-state index contributed by atoms with van der Waals surface area (Å²) in [7, 11) is 0. The first kappa shape index (κ1) is 26.2. The van der Waals surface area contributed by atoms with E-state index in [0.29, 0.717) is 11.1 Å². The smallest absolute Gasteiger partial charge is 0.293 e. The fraction of sp³-hybridized carbons (Fsp3) is 0.333. The zero-order chi connectivity index (χ0) is 27.5. The number of imide groups is 1. The number of fused-ring (bicyclic) bond motifs is 2. The van der Waals surface area contributed by atoms with E-state index in [1.54, 1.807) is 23.6 Å². The molecule has 39 heavy (non-hydrogen) atoms. The highest BCUT2D eigenvalue weighted by molar-refractivity contribution is 6.04. The van der Waals surface area contributed by atoms with E-state index in [9.17, 15) is 19.6 Å². The Bertz CT molecular complexity index is 1600. The number of nitriles is 1. The second kappa shape index (κ2) is 11.1. The van der Waals surface area contributed by atoms with Crippen LogP contribution >= 0.6 is 0 Å². The summed E-state index contributed by atoms with van der Waals surface area (Å²) in [5.74, 6) is -0.864. The van der Waals surface area contributed by atoms with Crippen molar-refractivity contribution in [2.45, 2.75) is 33.1 Å². The van der Waals surface area contributed by atoms with Gasteiger partial charge in [0, 0.05) is 62.7 Å². The Hall–Kier alpha value is -4.42. The number of aromatic nitrogens is 1. The molecule has 9 nitrogen and oxygen atoms in total. The van der Waals surface area contributed by atoms with Crippen molar-refractivity contribution in [3.63, 3.8) is 0 Å². The topological polar surface area (TPSA) is 112 Å². The molecule has 3 heterocycles. The van der Waals surface area contributed by atoms with Gasteiger partial charge in [0.1, 0.15) is 5.58 Å². The molecule has 2 aromatic heterocycles. The molecule has 9 heteroatoms. The molecule has 2 amide bonds. The minimum absolute atomic E-state index is 0.0281. The first-order valence-corrected chi connectivity index (χ1v) is 13.2. The third-order valence-corrected chi connectivity index (χ3v) is 7.28. The molecular weight excluding hydrogens is 494 g/mol. The Morgan fingerprint density at radius 1 is 1.00 bits per heavy atom. The number of piperazine rings is 1. The van der Waals surface area contributed by atoms with Crippen molar-refractivity contribution >= 4 is 45.3 Å². The summed E-state index contributed by atoms with van der Waals surface area (Å²) in [6, 6.07) is 15.2. The van der Waals surface area contributed by atoms with Crippen molar-refractivity contribution < 1.29 is 18.8 Å². The molecule has 200 valence electrons. The first-order valence-electron chi connectivity index (χ1n) is 13.2. The van der Waals surface area contributed by atoms with E-state index in [-0.39, 0.29) is 11.7 Å². The molecular formula is C30H31N5O4. The monoisotopic (exact) mass is 525 g/mol. The average molecular weight is 526 g/mol. The molecule has 1 fully saturated rings. The maximum absolute atomic E-state index is 12.1. The molecule has 1 aliphatic rings. The van der Waals surface area contributed by atoms with Crippen LogP contribution < -0.4 is 10.2 Å². The van der Waals surface area contributed by atoms with Crippen LogP contribution in [-0.4, -0.2) is 59.9 Å². The normalized spacial score (nSPS) is 14.0. The Morgan fingerprint density at radius 3 is 2.51 bits per heavy atom. The van der Waals surface area contributed by atoms with Crippen LogP contribution in [0.5, 0.6) is 0 Å². The Morgan fingerprint density at radius 2 is 1.79 bits per heavy atom. The number of hydrogen-bond acceptors (Lipinski definition) is 7. The number of hydrogen-bond donors (Lipinski definition) is 1. The van der Waals surface area contributed by atoms with Crippen LogP contribution in [0, 0.1) is 11.3 Å². The van der Waals surface area contributed by atoms with Crippen molar-refractivity contribution in [3.8, 4) is 6.07 Å². The molecule has 2 aromatic carbocycles. The van der Waals surface area contributed by atoms with Gasteiger partial charge in [-0.15, -0.1) is 0 Å². The predicted molar refractivity (Wildman–Crippen MR) is 149 cm³/mol. The summed E-state index contributed by atoms with van der Waals surface area (Å²) < 4.78 is 7.28. The predicted octanol–water partition coefficient (Wildman–Crippen LogP) is 4.34. The lowest BCUT2D eigenvalue weighted by molar-refractivity contribution is -0.118. The number of benzene rings is 2. The number of furan rings is 1. The van der Waals surface area contributed by atoms with Crippen molar-refractivity contribution in [1.29, 1.82) is 5.26 Å². The molecule has 0 radical (unpaired) electrons. The van der Waals surface area contributed by atoms with Gasteiger partial charge in [-0.3, -0.25) is 29.2 Å². The van der Waals surface area contributed by atoms with E-state index < -0.39 is 11.8 Å². The van der Waals surface area contributed by atoms with Crippen molar-refractivity contribution in [1.82, 2.24) is 14.8 Å². The second-order valence-electron chi connectivity index (χ2n) is 10.0. The van der Waals surface area contributed by atoms with Gasteiger partial charge in [0.15, 0.2) is 5.76 Å². The number of rotatable bonds is 7. The third kappa shape index (κ3) is 5.71. The minimum Gasteiger partial charge on any atom is -0.451 e. The first-order chi connectivity index (χ1) is 18.8. The lowest BCUT2D eigenvalue weighted by atomic mass is 10.0. The van der Waals surface area contributed by atoms with E-state index in [4.69, 9.17) is 4.42 Å². The van der Waals surface area contributed by atoms with Crippen LogP contribution in [0.25, 0.3) is 21.9 Å². The number of carbonyl (C=O) groups is 3. The SMILES string of the molecule is CC(=O)NC(=O)c1cc2cc(N3CCN(CCCCc4cn(C(C)=O)c5ccc(C#N)cc45)CC3)ccc2o1. The molecule has 0 saturated carbocycles. The Labute approximate surface area is 226 Å². The maximum atomic E-state index is 12.1. The molecule has 0 aliphatic carbocycles. The maximum Gasteiger partial charge on any atom is 0.293 e. The third-order valence-electron chi connectivity index (χ3n) is 7.28. The van der Waals surface area contributed by atoms with E-state index in [0.717, 1.165) is 79.5 Å². The van der Waals surface area contributed by atoms with Crippen LogP contribution in [0.2, 0.25) is 0 Å². The van der Waals surface area contributed by atoms with Gasteiger partial charge in [0.2, 0.25) is 11.8 Å². The lowest BCUT2D eigenvalue weighted by Crippen LogP contribution is -2.46. The lowest BCUT2D eigenvalue weighted by Gasteiger charge is -2.36. The van der Waals surface area contributed by atoms with E-state index in [1.165, 1.54) is 6.92 Å². The Balaban J connectivity index is 1.13. The highest BCUT2D eigenvalue weighted by Gasteiger charge is 2.19. The molecule has 0 unspecified atom stereocenters. The van der Waals surface area contributed by atoms with Gasteiger partial charge in [-0.1, -0.05) is 0 Å². The van der Waals surface area contributed by atoms with Crippen LogP contribution in [0.15, 0.2) is 53.1 Å². The van der Waals surface area contributed by atoms with Crippen molar-refractivity contribution in [2.24, 2.45) is 0 Å².